The van der Waals surface area contributed by atoms with E-state index >= 15 is 0 Å². The van der Waals surface area contributed by atoms with Crippen molar-refractivity contribution in [1.29, 1.82) is 0 Å². The van der Waals surface area contributed by atoms with Crippen LogP contribution in [-0.2, 0) is 31.3 Å². The van der Waals surface area contributed by atoms with Crippen molar-refractivity contribution in [2.24, 2.45) is 7.05 Å². The van der Waals surface area contributed by atoms with Crippen LogP contribution < -0.4 is 19.8 Å². The van der Waals surface area contributed by atoms with Crippen LogP contribution in [0.4, 0.5) is 10.5 Å². The van der Waals surface area contributed by atoms with Crippen LogP contribution in [0.1, 0.15) is 40.5 Å². The molecule has 3 heterocycles. The molecule has 0 saturated carbocycles. The molecule has 2 N–H and O–H groups in total. The number of carbonyl (C=O) groups excluding carboxylic acids is 1. The molecule has 50 heavy (non-hydrogen) atoms. The number of hydrogen-bond donors (Lipinski definition) is 2. The lowest BCUT2D eigenvalue weighted by molar-refractivity contribution is -0.0314. The van der Waals surface area contributed by atoms with Gasteiger partial charge in [0, 0.05) is 60.8 Å². The number of piperidine rings is 1. The molecule has 0 radical (unpaired) electrons. The highest BCUT2D eigenvalue weighted by atomic mass is 32.2. The second-order valence-corrected chi connectivity index (χ2v) is 15.0. The van der Waals surface area contributed by atoms with E-state index in [1.165, 1.54) is 4.57 Å². The third-order valence-electron chi connectivity index (χ3n) is 8.02. The molecule has 1 saturated heterocycles. The van der Waals surface area contributed by atoms with Gasteiger partial charge < -0.3 is 38.1 Å². The monoisotopic (exact) mass is 710 g/mol. The van der Waals surface area contributed by atoms with E-state index in [-0.39, 0.29) is 23.5 Å². The molecule has 13 nitrogen and oxygen atoms in total. The number of carbonyl (C=O) groups is 1. The zero-order valence-corrected chi connectivity index (χ0v) is 30.0. The first kappa shape index (κ1) is 36.7. The molecule has 1 aliphatic heterocycles. The van der Waals surface area contributed by atoms with Crippen LogP contribution in [-0.4, -0.2) is 85.9 Å². The standard InChI is InChI=1S/C36H46N4O9S/c1-6-50(43,44)38-25-10-11-32(30(22-25)31-24-39(5)34(41)33-29(31)12-15-37-33)48-28-9-7-8-27(23-28)47-21-19-45-18-20-46-26-13-16-40(17-14-26)35(42)49-36(2,3)4/h7-12,15,22-24,26,37-38H,6,13-14,16-21H2,1-5H3. The Balaban J connectivity index is 1.15. The normalized spacial score (nSPS) is 14.1. The molecule has 4 aromatic rings. The molecule has 0 bridgehead atoms. The van der Waals surface area contributed by atoms with Crippen LogP contribution in [0.3, 0.4) is 0 Å². The fourth-order valence-electron chi connectivity index (χ4n) is 5.51. The van der Waals surface area contributed by atoms with Gasteiger partial charge in [-0.1, -0.05) is 6.07 Å². The second kappa shape index (κ2) is 16.0. The van der Waals surface area contributed by atoms with Crippen LogP contribution in [0.15, 0.2) is 65.7 Å². The third kappa shape index (κ3) is 9.79. The number of benzene rings is 2. The van der Waals surface area contributed by atoms with Crippen LogP contribution >= 0.6 is 0 Å². The van der Waals surface area contributed by atoms with Crippen molar-refractivity contribution >= 4 is 32.7 Å². The van der Waals surface area contributed by atoms with Gasteiger partial charge in [-0.25, -0.2) is 13.2 Å². The maximum Gasteiger partial charge on any atom is 0.410 e. The molecule has 270 valence electrons. The Hall–Kier alpha value is -4.53. The number of hydrogen-bond acceptors (Lipinski definition) is 9. The number of nitrogens with one attached hydrogen (secondary N) is 2. The first-order valence-electron chi connectivity index (χ1n) is 16.7. The molecule has 0 atom stereocenters. The van der Waals surface area contributed by atoms with Gasteiger partial charge in [-0.05, 0) is 76.9 Å². The molecular weight excluding hydrogens is 664 g/mol. The summed E-state index contributed by atoms with van der Waals surface area (Å²) in [5.74, 6) is 1.48. The van der Waals surface area contributed by atoms with Gasteiger partial charge in [0.2, 0.25) is 10.0 Å². The fourth-order valence-corrected chi connectivity index (χ4v) is 6.14. The van der Waals surface area contributed by atoms with Crippen LogP contribution in [0.5, 0.6) is 17.2 Å². The molecule has 2 aromatic heterocycles. The van der Waals surface area contributed by atoms with E-state index in [4.69, 9.17) is 23.7 Å². The van der Waals surface area contributed by atoms with Crippen molar-refractivity contribution < 1.29 is 36.9 Å². The minimum atomic E-state index is -3.53. The Morgan fingerprint density at radius 1 is 0.980 bits per heavy atom. The van der Waals surface area contributed by atoms with E-state index in [2.05, 4.69) is 9.71 Å². The number of aromatic amines is 1. The fraction of sp³-hybridized carbons (Fsp3) is 0.444. The summed E-state index contributed by atoms with van der Waals surface area (Å²) in [7, 11) is -1.87. The lowest BCUT2D eigenvalue weighted by Crippen LogP contribution is -2.43. The summed E-state index contributed by atoms with van der Waals surface area (Å²) in [6, 6.07) is 14.0. The molecule has 0 unspecified atom stereocenters. The summed E-state index contributed by atoms with van der Waals surface area (Å²) in [6.07, 6.45) is 4.71. The number of sulfonamides is 1. The first-order chi connectivity index (χ1) is 23.8. The first-order valence-corrected chi connectivity index (χ1v) is 18.4. The Morgan fingerprint density at radius 3 is 2.46 bits per heavy atom. The third-order valence-corrected chi connectivity index (χ3v) is 9.33. The summed E-state index contributed by atoms with van der Waals surface area (Å²) < 4.78 is 58.1. The van der Waals surface area contributed by atoms with Crippen LogP contribution in [0, 0.1) is 0 Å². The molecule has 14 heteroatoms. The predicted molar refractivity (Wildman–Crippen MR) is 192 cm³/mol. The van der Waals surface area contributed by atoms with E-state index in [9.17, 15) is 18.0 Å². The SMILES string of the molecule is CCS(=O)(=O)Nc1ccc(Oc2cccc(OCCOCCOC3CCN(C(=O)OC(C)(C)C)CC3)c2)c(-c2cn(C)c(=O)c3[nH]ccc23)c1. The van der Waals surface area contributed by atoms with Gasteiger partial charge in [0.1, 0.15) is 35.0 Å². The Bertz CT molecular complexity index is 1940. The number of nitrogens with zero attached hydrogens (tertiary/aromatic N) is 2. The summed E-state index contributed by atoms with van der Waals surface area (Å²) in [5, 5.41) is 0.680. The highest BCUT2D eigenvalue weighted by Gasteiger charge is 2.27. The largest absolute Gasteiger partial charge is 0.491 e. The summed E-state index contributed by atoms with van der Waals surface area (Å²) in [5.41, 5.74) is 1.40. The van der Waals surface area contributed by atoms with Gasteiger partial charge in [-0.3, -0.25) is 9.52 Å². The number of H-pyrrole nitrogens is 1. The molecule has 1 fully saturated rings. The molecule has 0 spiro atoms. The van der Waals surface area contributed by atoms with Gasteiger partial charge >= 0.3 is 6.09 Å². The summed E-state index contributed by atoms with van der Waals surface area (Å²) in [4.78, 5) is 29.7. The zero-order valence-electron chi connectivity index (χ0n) is 29.2. The number of likely N-dealkylation sites (tertiary alicyclic amines) is 1. The molecule has 1 aliphatic rings. The molecule has 5 rings (SSSR count). The summed E-state index contributed by atoms with van der Waals surface area (Å²) in [6.45, 7) is 9.91. The topological polar surface area (TPSA) is 150 Å². The molecule has 2 aromatic carbocycles. The maximum absolute atomic E-state index is 12.7. The number of anilines is 1. The number of pyridine rings is 1. The van der Waals surface area contributed by atoms with Crippen LogP contribution in [0.2, 0.25) is 0 Å². The zero-order chi connectivity index (χ0) is 35.9. The highest BCUT2D eigenvalue weighted by Crippen LogP contribution is 2.39. The quantitative estimate of drug-likeness (QED) is 0.153. The van der Waals surface area contributed by atoms with E-state index in [0.29, 0.717) is 84.5 Å². The van der Waals surface area contributed by atoms with Gasteiger partial charge in [0.05, 0.1) is 31.7 Å². The van der Waals surface area contributed by atoms with Crippen molar-refractivity contribution in [3.05, 3.63) is 71.3 Å². The van der Waals surface area contributed by atoms with Crippen molar-refractivity contribution in [3.63, 3.8) is 0 Å². The number of rotatable bonds is 14. The van der Waals surface area contributed by atoms with Gasteiger partial charge in [-0.15, -0.1) is 0 Å². The second-order valence-electron chi connectivity index (χ2n) is 13.0. The van der Waals surface area contributed by atoms with E-state index in [0.717, 1.165) is 12.8 Å². The number of fused-ring (bicyclic) bond motifs is 1. The lowest BCUT2D eigenvalue weighted by Gasteiger charge is -2.33. The van der Waals surface area contributed by atoms with E-state index < -0.39 is 15.6 Å². The number of aromatic nitrogens is 2. The number of ether oxygens (including phenoxy) is 5. The minimum Gasteiger partial charge on any atom is -0.491 e. The predicted octanol–water partition coefficient (Wildman–Crippen LogP) is 5.90. The Labute approximate surface area is 292 Å². The average molecular weight is 711 g/mol. The number of aryl methyl sites for hydroxylation is 1. The Morgan fingerprint density at radius 2 is 1.72 bits per heavy atom. The molecule has 0 aliphatic carbocycles. The van der Waals surface area contributed by atoms with Crippen LogP contribution in [0.25, 0.3) is 22.0 Å². The molecular formula is C36H46N4O9S. The average Bonchev–Trinajstić information content (AvgIpc) is 3.57. The van der Waals surface area contributed by atoms with Crippen molar-refractivity contribution in [2.75, 3.05) is 50.0 Å². The van der Waals surface area contributed by atoms with Gasteiger partial charge in [0.15, 0.2) is 0 Å². The number of amides is 1. The van der Waals surface area contributed by atoms with Crippen molar-refractivity contribution in [3.8, 4) is 28.4 Å². The van der Waals surface area contributed by atoms with Gasteiger partial charge in [-0.2, -0.15) is 0 Å². The van der Waals surface area contributed by atoms with Crippen molar-refractivity contribution in [2.45, 2.75) is 52.2 Å². The smallest absolute Gasteiger partial charge is 0.410 e. The summed E-state index contributed by atoms with van der Waals surface area (Å²) >= 11 is 0. The van der Waals surface area contributed by atoms with E-state index in [1.807, 2.05) is 32.9 Å². The lowest BCUT2D eigenvalue weighted by atomic mass is 10.0. The highest BCUT2D eigenvalue weighted by molar-refractivity contribution is 7.92. The van der Waals surface area contributed by atoms with Crippen molar-refractivity contribution in [1.82, 2.24) is 14.5 Å². The van der Waals surface area contributed by atoms with E-state index in [1.54, 1.807) is 67.7 Å². The Kier molecular flexibility index (Phi) is 11.8. The van der Waals surface area contributed by atoms with Gasteiger partial charge in [0.25, 0.3) is 5.56 Å². The molecule has 1 amide bonds. The minimum absolute atomic E-state index is 0.0771. The maximum atomic E-state index is 12.7.